The number of likely N-dealkylation sites (tertiary alicyclic amines) is 3. The zero-order chi connectivity index (χ0) is 80.3. The summed E-state index contributed by atoms with van der Waals surface area (Å²) in [7, 11) is -3.27. The number of halogens is 6. The molecule has 3 saturated heterocycles. The monoisotopic (exact) mass is 1650 g/mol. The molecular formula is C81H90Cl6N18O6S. The number of nitriles is 2. The summed E-state index contributed by atoms with van der Waals surface area (Å²) in [4.78, 5) is 64.3. The third-order valence-electron chi connectivity index (χ3n) is 23.1. The molecule has 0 radical (unpaired) electrons. The van der Waals surface area contributed by atoms with E-state index in [-0.39, 0.29) is 71.4 Å². The van der Waals surface area contributed by atoms with Crippen LogP contribution in [0.5, 0.6) is 0 Å². The summed E-state index contributed by atoms with van der Waals surface area (Å²) in [6, 6.07) is 21.3. The molecule has 31 heteroatoms. The normalized spacial score (nSPS) is 23.4. The van der Waals surface area contributed by atoms with E-state index >= 15 is 0 Å². The van der Waals surface area contributed by atoms with Gasteiger partial charge in [-0.1, -0.05) is 127 Å². The molecule has 13 atom stereocenters. The van der Waals surface area contributed by atoms with E-state index in [2.05, 4.69) is 92.9 Å². The number of allylic oxidation sites excluding steroid dienone is 3. The van der Waals surface area contributed by atoms with Gasteiger partial charge in [-0.2, -0.15) is 35.4 Å². The number of carbonyl (C=O) groups is 1. The van der Waals surface area contributed by atoms with E-state index in [1.807, 2.05) is 62.8 Å². The average Bonchev–Trinajstić information content (AvgIpc) is 1.61. The third kappa shape index (κ3) is 18.0. The van der Waals surface area contributed by atoms with Gasteiger partial charge in [0.25, 0.3) is 0 Å². The lowest BCUT2D eigenvalue weighted by molar-refractivity contribution is -0.191. The Bertz CT molecular complexity index is 5380. The summed E-state index contributed by atoms with van der Waals surface area (Å²) >= 11 is 37.7. The minimum absolute atomic E-state index is 0.134. The van der Waals surface area contributed by atoms with Gasteiger partial charge in [-0.15, -0.1) is 0 Å². The molecule has 3 fully saturated rings. The molecule has 9 aromatic rings. The molecule has 9 heterocycles. The van der Waals surface area contributed by atoms with E-state index in [1.165, 1.54) is 36.8 Å². The fraction of sp³-hybridized carbons (Fsp3) is 0.469. The van der Waals surface area contributed by atoms with Crippen LogP contribution in [0.25, 0.3) is 50.2 Å². The lowest BCUT2D eigenvalue weighted by Gasteiger charge is -2.40. The van der Waals surface area contributed by atoms with Crippen molar-refractivity contribution in [1.82, 2.24) is 73.9 Å². The van der Waals surface area contributed by atoms with Gasteiger partial charge in [0, 0.05) is 66.6 Å². The first-order chi connectivity index (χ1) is 53.5. The van der Waals surface area contributed by atoms with Crippen molar-refractivity contribution in [2.24, 2.45) is 23.5 Å². The zero-order valence-electron chi connectivity index (χ0n) is 63.8. The van der Waals surface area contributed by atoms with Crippen LogP contribution in [0.3, 0.4) is 0 Å². The fourth-order valence-electron chi connectivity index (χ4n) is 17.4. The number of aromatic nitrogens is 12. The van der Waals surface area contributed by atoms with Gasteiger partial charge < -0.3 is 10.8 Å². The van der Waals surface area contributed by atoms with Gasteiger partial charge in [0.05, 0.1) is 77.4 Å². The van der Waals surface area contributed by atoms with Crippen molar-refractivity contribution in [1.29, 1.82) is 10.5 Å². The smallest absolute Gasteiger partial charge is 0.373 e. The second kappa shape index (κ2) is 35.7. The Kier molecular flexibility index (Phi) is 26.6. The number of amides is 1. The quantitative estimate of drug-likeness (QED) is 0.0907. The maximum Gasteiger partial charge on any atom is 0.373 e. The van der Waals surface area contributed by atoms with Crippen LogP contribution in [0.4, 0.5) is 0 Å². The third-order valence-corrected chi connectivity index (χ3v) is 25.7. The highest BCUT2D eigenvalue weighted by atomic mass is 35.5. The fourth-order valence-corrected chi connectivity index (χ4v) is 20.0. The van der Waals surface area contributed by atoms with Crippen molar-refractivity contribution >= 4 is 142 Å². The van der Waals surface area contributed by atoms with Gasteiger partial charge in [0.2, 0.25) is 5.91 Å². The predicted octanol–water partition coefficient (Wildman–Crippen LogP) is 15.5. The molecule has 112 heavy (non-hydrogen) atoms. The first kappa shape index (κ1) is 83.3. The number of hydrogen-bond acceptors (Lipinski definition) is 20. The summed E-state index contributed by atoms with van der Waals surface area (Å²) < 4.78 is 28.9. The minimum Gasteiger partial charge on any atom is -0.390 e. The number of nitrogens with zero attached hydrogens (tertiary/aromatic N) is 17. The summed E-state index contributed by atoms with van der Waals surface area (Å²) in [6.07, 6.45) is 24.1. The minimum atomic E-state index is -3.27. The second-order valence-corrected chi connectivity index (χ2v) is 35.2. The molecule has 588 valence electrons. The molecule has 6 aliphatic rings. The van der Waals surface area contributed by atoms with Crippen molar-refractivity contribution in [3.8, 4) is 12.1 Å². The molecule has 3 N–H and O–H groups in total. The number of rotatable bonds is 16. The largest absolute Gasteiger partial charge is 0.390 e. The number of sulfone groups is 1. The molecule has 3 aromatic carbocycles. The Morgan fingerprint density at radius 2 is 0.929 bits per heavy atom. The van der Waals surface area contributed by atoms with Crippen LogP contribution >= 0.6 is 69.6 Å². The van der Waals surface area contributed by atoms with Gasteiger partial charge in [-0.25, -0.2) is 52.4 Å². The van der Waals surface area contributed by atoms with Crippen LogP contribution < -0.4 is 5.73 Å². The Labute approximate surface area is 681 Å². The number of aliphatic hydroxyl groups excluding tert-OH is 1. The van der Waals surface area contributed by atoms with Crippen LogP contribution in [-0.2, 0) is 24.2 Å². The van der Waals surface area contributed by atoms with Crippen molar-refractivity contribution in [2.45, 2.75) is 193 Å². The molecule has 13 unspecified atom stereocenters. The molecule has 15 rings (SSSR count). The zero-order valence-corrected chi connectivity index (χ0v) is 69.2. The highest BCUT2D eigenvalue weighted by molar-refractivity contribution is 7.90. The number of aryl methyl sites for hydroxylation is 1. The molecule has 24 nitrogen and oxygen atoms in total. The number of fused-ring (bicyclic) bond motifs is 3. The maximum absolute atomic E-state index is 11.9. The molecular weight excluding hydrogens is 1570 g/mol. The number of carbonyl (C=O) groups excluding carboxylic acids is 3. The summed E-state index contributed by atoms with van der Waals surface area (Å²) in [5, 5.41) is 47.2. The van der Waals surface area contributed by atoms with Crippen molar-refractivity contribution < 1.29 is 27.9 Å². The van der Waals surface area contributed by atoms with Gasteiger partial charge in [-0.05, 0) is 219 Å². The molecule has 6 aromatic heterocycles. The maximum atomic E-state index is 11.9. The first-order valence-electron chi connectivity index (χ1n) is 37.9. The number of aliphatic hydroxyl groups is 1. The Balaban J connectivity index is 0.000000154. The molecule has 0 spiro atoms. The van der Waals surface area contributed by atoms with Gasteiger partial charge in [-0.3, -0.25) is 19.5 Å². The van der Waals surface area contributed by atoms with Crippen LogP contribution in [0.1, 0.15) is 194 Å². The van der Waals surface area contributed by atoms with Crippen LogP contribution in [0.2, 0.25) is 30.1 Å². The van der Waals surface area contributed by atoms with Crippen molar-refractivity contribution in [2.75, 3.05) is 31.6 Å². The van der Waals surface area contributed by atoms with E-state index in [0.29, 0.717) is 82.4 Å². The summed E-state index contributed by atoms with van der Waals surface area (Å²) in [6.45, 7) is 20.0. The Morgan fingerprint density at radius 3 is 1.31 bits per heavy atom. The highest BCUT2D eigenvalue weighted by Crippen LogP contribution is 2.42. The second-order valence-electron chi connectivity index (χ2n) is 30.5. The van der Waals surface area contributed by atoms with E-state index in [9.17, 15) is 28.8 Å². The molecule has 3 aliphatic carbocycles. The van der Waals surface area contributed by atoms with Crippen molar-refractivity contribution in [3.05, 3.63) is 172 Å². The predicted molar refractivity (Wildman–Crippen MR) is 436 cm³/mol. The number of benzene rings is 3. The number of hydrogen-bond donors (Lipinski definition) is 2. The van der Waals surface area contributed by atoms with E-state index in [1.54, 1.807) is 52.1 Å². The van der Waals surface area contributed by atoms with Crippen LogP contribution in [0.15, 0.2) is 91.4 Å². The highest BCUT2D eigenvalue weighted by Gasteiger charge is 2.42. The summed E-state index contributed by atoms with van der Waals surface area (Å²) in [5.74, 6) is 0.758. The average molecular weight is 1660 g/mol. The van der Waals surface area contributed by atoms with Crippen LogP contribution in [0, 0.1) is 47.3 Å². The number of nitrogens with two attached hydrogens (primary N) is 1. The van der Waals surface area contributed by atoms with E-state index in [0.717, 1.165) is 134 Å². The van der Waals surface area contributed by atoms with E-state index < -0.39 is 15.9 Å². The summed E-state index contributed by atoms with van der Waals surface area (Å²) in [5.41, 5.74) is 19.0. The Morgan fingerprint density at radius 1 is 0.562 bits per heavy atom. The SMILES string of the molecule is CC1CC(c2cnc3c(C#N)nn(C(C)c4ccc(Cl)cc4Cl)c3n2)=CCC1N1CCCC1C.CC1CC(c2cnc3c(C#N)nn(C(C)c4ccc(Cl)cc4Cl)c3n2)=CCC1N1CCCC1C(O)CS(C)(=O)=O.Cc1nn(C(C)c2ccc(Cl)cc2Cl)c2nc(C3=CCC(N4CCCC4C(N)=O)C(C)C3)cnc12.O=C=O. The topological polar surface area (TPSA) is 320 Å². The molecule has 0 bridgehead atoms. The van der Waals surface area contributed by atoms with E-state index in [4.69, 9.17) is 110 Å². The Hall–Kier alpha value is -8.11. The van der Waals surface area contributed by atoms with Crippen molar-refractivity contribution in [3.63, 3.8) is 0 Å². The standard InChI is InChI=1S/C28H32Cl2N6O3S.C26H30Cl2N6O.C26H28Cl2N6.CO2/c1-16-11-18(6-9-24(16)35-10-4-5-25(35)26(37)15-40(3,38)39)23-14-32-27-22(13-31)34-36(28(27)33-23)17(2)20-8-7-19(29)12-21(20)30;1-14-11-17(6-9-22(14)33-10-4-5-23(33)25(29)35)21-13-30-24-15(2)32-34(26(24)31-21)16(3)19-8-7-18(27)12-20(19)28;1-15-11-18(6-9-24(15)33-10-4-5-16(33)2)23-14-30-25-22(13-29)32-34(26(25)31-23)17(3)20-8-7-19(27)12-21(20)28;2-1-3/h6-8,12,14,16-17,24-26,37H,4-5,9-11,15H2,1-3H3;6-8,12-14,16,22-23H,4-5,9-11H2,1-3H3,(H2,29,35);6-8,12,14-17,24H,4-5,9-11H2,1-3H3;. The molecule has 3 aliphatic heterocycles. The lowest BCUT2D eigenvalue weighted by atomic mass is 9.83. The number of primary amides is 1. The lowest BCUT2D eigenvalue weighted by Crippen LogP contribution is -2.50. The van der Waals surface area contributed by atoms with Gasteiger partial charge >= 0.3 is 6.15 Å². The molecule has 1 amide bonds. The van der Waals surface area contributed by atoms with Gasteiger partial charge in [0.15, 0.2) is 28.3 Å². The van der Waals surface area contributed by atoms with Crippen LogP contribution in [-0.4, -0.2) is 174 Å². The first-order valence-corrected chi connectivity index (χ1v) is 42.2. The van der Waals surface area contributed by atoms with Gasteiger partial charge in [0.1, 0.15) is 38.5 Å². The molecule has 0 saturated carbocycles.